The summed E-state index contributed by atoms with van der Waals surface area (Å²) in [4.78, 5) is 31.7. The number of para-hydroxylation sites is 1. The average molecular weight is 388 g/mol. The Morgan fingerprint density at radius 2 is 2.15 bits per heavy atom. The number of benzene rings is 1. The van der Waals surface area contributed by atoms with Crippen LogP contribution in [0.5, 0.6) is 0 Å². The third kappa shape index (κ3) is 4.64. The molecule has 1 atom stereocenters. The quantitative estimate of drug-likeness (QED) is 0.709. The Labute approximate surface area is 162 Å². The van der Waals surface area contributed by atoms with E-state index in [1.54, 1.807) is 22.9 Å². The number of aromatic nitrogens is 1. The van der Waals surface area contributed by atoms with Crippen LogP contribution in [0.4, 0.5) is 5.69 Å². The standard InChI is InChI=1S/C19H24N4O3S/c1-26-11-9-20-18(25)19(22-15-6-3-2-4-7-15)8-5-10-23(13-19)17(24)16-12-27-14-21-16/h2-4,6-7,12,14,22H,5,8-11,13H2,1H3,(H,20,25). The molecule has 0 bridgehead atoms. The molecule has 2 heterocycles. The van der Waals surface area contributed by atoms with Crippen molar-refractivity contribution in [2.75, 3.05) is 38.7 Å². The van der Waals surface area contributed by atoms with Crippen LogP contribution in [0.25, 0.3) is 0 Å². The molecular weight excluding hydrogens is 364 g/mol. The summed E-state index contributed by atoms with van der Waals surface area (Å²) in [6.45, 7) is 1.76. The second-order valence-corrected chi connectivity index (χ2v) is 7.24. The summed E-state index contributed by atoms with van der Waals surface area (Å²) in [6.07, 6.45) is 1.37. The fourth-order valence-electron chi connectivity index (χ4n) is 3.29. The maximum atomic E-state index is 13.1. The first-order valence-corrected chi connectivity index (χ1v) is 9.87. The molecule has 1 unspecified atom stereocenters. The lowest BCUT2D eigenvalue weighted by atomic mass is 9.87. The van der Waals surface area contributed by atoms with Gasteiger partial charge in [-0.25, -0.2) is 4.98 Å². The maximum Gasteiger partial charge on any atom is 0.273 e. The Bertz CT molecular complexity index is 754. The van der Waals surface area contributed by atoms with Crippen LogP contribution in [0.15, 0.2) is 41.2 Å². The fourth-order valence-corrected chi connectivity index (χ4v) is 3.81. The van der Waals surface area contributed by atoms with Crippen LogP contribution in [0.2, 0.25) is 0 Å². The van der Waals surface area contributed by atoms with Gasteiger partial charge in [0.05, 0.1) is 18.7 Å². The predicted molar refractivity (Wildman–Crippen MR) is 105 cm³/mol. The van der Waals surface area contributed by atoms with Crippen molar-refractivity contribution >= 4 is 28.8 Å². The van der Waals surface area contributed by atoms with E-state index in [1.807, 2.05) is 30.3 Å². The van der Waals surface area contributed by atoms with Crippen molar-refractivity contribution in [3.8, 4) is 0 Å². The van der Waals surface area contributed by atoms with Gasteiger partial charge in [0.1, 0.15) is 11.2 Å². The highest BCUT2D eigenvalue weighted by Crippen LogP contribution is 2.27. The molecule has 7 nitrogen and oxygen atoms in total. The second kappa shape index (κ2) is 8.96. The monoisotopic (exact) mass is 388 g/mol. The molecule has 144 valence electrons. The zero-order valence-corrected chi connectivity index (χ0v) is 16.1. The van der Waals surface area contributed by atoms with Crippen LogP contribution in [0.3, 0.4) is 0 Å². The molecule has 2 aromatic rings. The Morgan fingerprint density at radius 3 is 2.85 bits per heavy atom. The Hall–Kier alpha value is -2.45. The summed E-state index contributed by atoms with van der Waals surface area (Å²) in [5, 5.41) is 8.06. The maximum absolute atomic E-state index is 13.1. The summed E-state index contributed by atoms with van der Waals surface area (Å²) < 4.78 is 5.03. The summed E-state index contributed by atoms with van der Waals surface area (Å²) >= 11 is 1.39. The summed E-state index contributed by atoms with van der Waals surface area (Å²) in [7, 11) is 1.60. The molecule has 0 radical (unpaired) electrons. The number of carbonyl (C=O) groups excluding carboxylic acids is 2. The SMILES string of the molecule is COCCNC(=O)C1(Nc2ccccc2)CCCN(C(=O)c2cscn2)C1. The van der Waals surface area contributed by atoms with Gasteiger partial charge in [-0.15, -0.1) is 11.3 Å². The number of nitrogens with one attached hydrogen (secondary N) is 2. The number of rotatable bonds is 7. The molecule has 1 aliphatic rings. The Kier molecular flexibility index (Phi) is 6.41. The van der Waals surface area contributed by atoms with E-state index in [1.165, 1.54) is 11.3 Å². The van der Waals surface area contributed by atoms with E-state index < -0.39 is 5.54 Å². The lowest BCUT2D eigenvalue weighted by Gasteiger charge is -2.42. The molecule has 2 N–H and O–H groups in total. The zero-order valence-electron chi connectivity index (χ0n) is 15.3. The van der Waals surface area contributed by atoms with Gasteiger partial charge >= 0.3 is 0 Å². The van der Waals surface area contributed by atoms with Crippen molar-refractivity contribution in [2.24, 2.45) is 0 Å². The number of methoxy groups -OCH3 is 1. The van der Waals surface area contributed by atoms with Gasteiger partial charge in [-0.1, -0.05) is 18.2 Å². The molecule has 1 fully saturated rings. The topological polar surface area (TPSA) is 83.6 Å². The molecule has 1 saturated heterocycles. The molecule has 0 aliphatic carbocycles. The third-order valence-corrected chi connectivity index (χ3v) is 5.20. The van der Waals surface area contributed by atoms with Gasteiger partial charge in [0.15, 0.2) is 0 Å². The van der Waals surface area contributed by atoms with Gasteiger partial charge in [-0.2, -0.15) is 0 Å². The van der Waals surface area contributed by atoms with E-state index in [4.69, 9.17) is 4.74 Å². The number of ether oxygens (including phenoxy) is 1. The number of likely N-dealkylation sites (tertiary alicyclic amines) is 1. The van der Waals surface area contributed by atoms with Gasteiger partial charge < -0.3 is 20.3 Å². The van der Waals surface area contributed by atoms with Gasteiger partial charge in [-0.3, -0.25) is 9.59 Å². The van der Waals surface area contributed by atoms with E-state index in [9.17, 15) is 9.59 Å². The first kappa shape index (κ1) is 19.3. The molecule has 0 spiro atoms. The number of carbonyl (C=O) groups is 2. The number of amides is 2. The van der Waals surface area contributed by atoms with Crippen LogP contribution in [0.1, 0.15) is 23.3 Å². The second-order valence-electron chi connectivity index (χ2n) is 6.53. The number of nitrogens with zero attached hydrogens (tertiary/aromatic N) is 2. The first-order chi connectivity index (χ1) is 13.1. The Morgan fingerprint density at radius 1 is 1.33 bits per heavy atom. The number of anilines is 1. The van der Waals surface area contributed by atoms with Crippen LogP contribution >= 0.6 is 11.3 Å². The van der Waals surface area contributed by atoms with Crippen molar-refractivity contribution in [2.45, 2.75) is 18.4 Å². The van der Waals surface area contributed by atoms with Gasteiger partial charge in [0.25, 0.3) is 5.91 Å². The largest absolute Gasteiger partial charge is 0.383 e. The molecule has 0 saturated carbocycles. The highest BCUT2D eigenvalue weighted by atomic mass is 32.1. The molecule has 1 aliphatic heterocycles. The van der Waals surface area contributed by atoms with Gasteiger partial charge in [-0.05, 0) is 25.0 Å². The van der Waals surface area contributed by atoms with Crippen molar-refractivity contribution < 1.29 is 14.3 Å². The first-order valence-electron chi connectivity index (χ1n) is 8.92. The molecule has 8 heteroatoms. The molecule has 1 aromatic heterocycles. The summed E-state index contributed by atoms with van der Waals surface area (Å²) in [5.74, 6) is -0.265. The minimum Gasteiger partial charge on any atom is -0.383 e. The minimum atomic E-state index is -0.890. The highest BCUT2D eigenvalue weighted by Gasteiger charge is 2.43. The van der Waals surface area contributed by atoms with Crippen molar-refractivity contribution in [1.82, 2.24) is 15.2 Å². The molecular formula is C19H24N4O3S. The number of piperidine rings is 1. The normalized spacial score (nSPS) is 19.5. The third-order valence-electron chi connectivity index (χ3n) is 4.61. The molecule has 27 heavy (non-hydrogen) atoms. The number of hydrogen-bond donors (Lipinski definition) is 2. The van der Waals surface area contributed by atoms with Crippen molar-refractivity contribution in [3.05, 3.63) is 46.9 Å². The smallest absolute Gasteiger partial charge is 0.273 e. The van der Waals surface area contributed by atoms with Crippen molar-refractivity contribution in [3.63, 3.8) is 0 Å². The summed E-state index contributed by atoms with van der Waals surface area (Å²) in [5.41, 5.74) is 2.03. The van der Waals surface area contributed by atoms with Crippen LogP contribution in [-0.2, 0) is 9.53 Å². The van der Waals surface area contributed by atoms with E-state index in [-0.39, 0.29) is 18.4 Å². The molecule has 3 rings (SSSR count). The van der Waals surface area contributed by atoms with Crippen LogP contribution in [0, 0.1) is 0 Å². The zero-order chi connectivity index (χ0) is 19.1. The minimum absolute atomic E-state index is 0.126. The van der Waals surface area contributed by atoms with E-state index in [2.05, 4.69) is 15.6 Å². The average Bonchev–Trinajstić information content (AvgIpc) is 3.23. The fraction of sp³-hybridized carbons (Fsp3) is 0.421. The molecule has 1 aromatic carbocycles. The number of hydrogen-bond acceptors (Lipinski definition) is 6. The Balaban J connectivity index is 1.81. The summed E-state index contributed by atoms with van der Waals surface area (Å²) in [6, 6.07) is 9.60. The van der Waals surface area contributed by atoms with Gasteiger partial charge in [0, 0.05) is 31.3 Å². The van der Waals surface area contributed by atoms with E-state index >= 15 is 0 Å². The lowest BCUT2D eigenvalue weighted by molar-refractivity contribution is -0.127. The molecule has 2 amide bonds. The van der Waals surface area contributed by atoms with E-state index in [0.29, 0.717) is 31.8 Å². The highest BCUT2D eigenvalue weighted by molar-refractivity contribution is 7.07. The van der Waals surface area contributed by atoms with Crippen LogP contribution in [-0.4, -0.2) is 60.6 Å². The lowest BCUT2D eigenvalue weighted by Crippen LogP contribution is -2.62. The van der Waals surface area contributed by atoms with E-state index in [0.717, 1.165) is 12.1 Å². The predicted octanol–water partition coefficient (Wildman–Crippen LogP) is 1.99. The number of thiazole rings is 1. The van der Waals surface area contributed by atoms with Crippen molar-refractivity contribution in [1.29, 1.82) is 0 Å². The van der Waals surface area contributed by atoms with Crippen LogP contribution < -0.4 is 10.6 Å². The van der Waals surface area contributed by atoms with Gasteiger partial charge in [0.2, 0.25) is 5.91 Å².